The van der Waals surface area contributed by atoms with Gasteiger partial charge in [-0.2, -0.15) is 5.10 Å². The number of rotatable bonds is 9. The normalized spacial score (nSPS) is 17.4. The standard InChI is InChI=1S/C29H31F3N6O3/c1-15-12-20(36-37(15)2)18-9-10-19(26(40-3)24(18)30)34-21-13-17(14-22(39)16-7-8-16)33-28-25(21)35-29(27(31)32)38(28)23-6-4-5-11-41-23/h9-10,12-13,16,23,27H,4-8,11,14H2,1-3H3,(H,33,34). The van der Waals surface area contributed by atoms with Crippen LogP contribution in [-0.2, 0) is 23.0 Å². The molecule has 1 atom stereocenters. The molecule has 12 heteroatoms. The molecular weight excluding hydrogens is 537 g/mol. The number of benzene rings is 1. The van der Waals surface area contributed by atoms with Crippen molar-refractivity contribution < 1.29 is 27.4 Å². The Morgan fingerprint density at radius 1 is 1.17 bits per heavy atom. The molecule has 1 unspecified atom stereocenters. The molecule has 0 spiro atoms. The molecule has 1 aliphatic carbocycles. The first-order chi connectivity index (χ1) is 19.7. The second-order valence-electron chi connectivity index (χ2n) is 10.6. The molecular formula is C29H31F3N6O3. The van der Waals surface area contributed by atoms with Crippen LogP contribution in [-0.4, -0.2) is 43.8 Å². The summed E-state index contributed by atoms with van der Waals surface area (Å²) in [5.41, 5.74) is 2.91. The van der Waals surface area contributed by atoms with Crippen LogP contribution in [0, 0.1) is 18.7 Å². The highest BCUT2D eigenvalue weighted by atomic mass is 19.3. The van der Waals surface area contributed by atoms with Gasteiger partial charge in [0.1, 0.15) is 17.5 Å². The molecule has 3 aromatic heterocycles. The van der Waals surface area contributed by atoms with Crippen molar-refractivity contribution in [3.63, 3.8) is 0 Å². The van der Waals surface area contributed by atoms with E-state index >= 15 is 4.39 Å². The van der Waals surface area contributed by atoms with Crippen LogP contribution in [0.5, 0.6) is 5.75 Å². The summed E-state index contributed by atoms with van der Waals surface area (Å²) in [6.45, 7) is 2.31. The molecule has 1 saturated carbocycles. The Morgan fingerprint density at radius 2 is 1.98 bits per heavy atom. The average Bonchev–Trinajstić information content (AvgIpc) is 3.66. The summed E-state index contributed by atoms with van der Waals surface area (Å²) in [5.74, 6) is -1.11. The lowest BCUT2D eigenvalue weighted by atomic mass is 10.1. The second-order valence-corrected chi connectivity index (χ2v) is 10.6. The van der Waals surface area contributed by atoms with Gasteiger partial charge in [0.2, 0.25) is 0 Å². The largest absolute Gasteiger partial charge is 0.492 e. The molecule has 4 aromatic rings. The number of pyridine rings is 1. The Balaban J connectivity index is 1.47. The third-order valence-corrected chi connectivity index (χ3v) is 7.72. The summed E-state index contributed by atoms with van der Waals surface area (Å²) in [4.78, 5) is 21.6. The van der Waals surface area contributed by atoms with Crippen LogP contribution in [0.15, 0.2) is 24.3 Å². The summed E-state index contributed by atoms with van der Waals surface area (Å²) in [5, 5.41) is 7.51. The van der Waals surface area contributed by atoms with E-state index in [0.29, 0.717) is 30.1 Å². The number of methoxy groups -OCH3 is 1. The number of ketones is 1. The fourth-order valence-electron chi connectivity index (χ4n) is 5.30. The third-order valence-electron chi connectivity index (χ3n) is 7.72. The minimum Gasteiger partial charge on any atom is -0.492 e. The van der Waals surface area contributed by atoms with Crippen molar-refractivity contribution in [3.8, 4) is 17.0 Å². The Labute approximate surface area is 234 Å². The topological polar surface area (TPSA) is 96.1 Å². The zero-order valence-electron chi connectivity index (χ0n) is 23.1. The Bertz CT molecular complexity index is 1600. The molecule has 1 saturated heterocycles. The predicted octanol–water partition coefficient (Wildman–Crippen LogP) is 6.19. The van der Waals surface area contributed by atoms with Gasteiger partial charge in [-0.05, 0) is 63.3 Å². The maximum atomic E-state index is 15.7. The van der Waals surface area contributed by atoms with Gasteiger partial charge in [-0.15, -0.1) is 0 Å². The Morgan fingerprint density at radius 3 is 2.61 bits per heavy atom. The van der Waals surface area contributed by atoms with Gasteiger partial charge in [0.15, 0.2) is 23.0 Å². The molecule has 0 radical (unpaired) electrons. The second kappa shape index (κ2) is 10.8. The van der Waals surface area contributed by atoms with Crippen LogP contribution < -0.4 is 10.1 Å². The van der Waals surface area contributed by atoms with Crippen molar-refractivity contribution in [2.24, 2.45) is 13.0 Å². The number of carbonyl (C=O) groups excluding carboxylic acids is 1. The first kappa shape index (κ1) is 27.3. The van der Waals surface area contributed by atoms with Gasteiger partial charge in [0.25, 0.3) is 6.43 Å². The van der Waals surface area contributed by atoms with Crippen LogP contribution in [0.3, 0.4) is 0 Å². The number of Topliss-reactive ketones (excluding diaryl/α,β-unsaturated/α-hetero) is 1. The molecule has 1 aromatic carbocycles. The summed E-state index contributed by atoms with van der Waals surface area (Å²) in [6, 6.07) is 6.60. The molecule has 9 nitrogen and oxygen atoms in total. The molecule has 41 heavy (non-hydrogen) atoms. The number of imidazole rings is 1. The highest BCUT2D eigenvalue weighted by Gasteiger charge is 2.32. The number of hydrogen-bond acceptors (Lipinski definition) is 7. The molecule has 1 N–H and O–H groups in total. The van der Waals surface area contributed by atoms with Crippen LogP contribution in [0.2, 0.25) is 0 Å². The molecule has 4 heterocycles. The summed E-state index contributed by atoms with van der Waals surface area (Å²) >= 11 is 0. The van der Waals surface area contributed by atoms with Crippen molar-refractivity contribution >= 4 is 28.3 Å². The van der Waals surface area contributed by atoms with Gasteiger partial charge in [-0.25, -0.2) is 23.1 Å². The third kappa shape index (κ3) is 5.16. The van der Waals surface area contributed by atoms with Crippen molar-refractivity contribution in [1.82, 2.24) is 24.3 Å². The maximum absolute atomic E-state index is 15.7. The van der Waals surface area contributed by atoms with E-state index in [4.69, 9.17) is 9.47 Å². The minimum absolute atomic E-state index is 0.00378. The van der Waals surface area contributed by atoms with Gasteiger partial charge in [-0.3, -0.25) is 14.0 Å². The highest BCUT2D eigenvalue weighted by Crippen LogP contribution is 2.40. The fraction of sp³-hybridized carbons (Fsp3) is 0.448. The minimum atomic E-state index is -2.88. The number of hydrogen-bond donors (Lipinski definition) is 1. The number of alkyl halides is 2. The van der Waals surface area contributed by atoms with Crippen molar-refractivity contribution in [1.29, 1.82) is 0 Å². The van der Waals surface area contributed by atoms with Crippen LogP contribution in [0.4, 0.5) is 24.5 Å². The van der Waals surface area contributed by atoms with Gasteiger partial charge >= 0.3 is 0 Å². The molecule has 1 aliphatic heterocycles. The predicted molar refractivity (Wildman–Crippen MR) is 146 cm³/mol. The van der Waals surface area contributed by atoms with Crippen LogP contribution in [0.1, 0.15) is 62.0 Å². The van der Waals surface area contributed by atoms with Crippen molar-refractivity contribution in [2.45, 2.75) is 58.1 Å². The summed E-state index contributed by atoms with van der Waals surface area (Å²) in [7, 11) is 3.12. The smallest absolute Gasteiger partial charge is 0.295 e. The van der Waals surface area contributed by atoms with E-state index in [2.05, 4.69) is 20.4 Å². The number of aromatic nitrogens is 5. The van der Waals surface area contributed by atoms with Crippen LogP contribution in [0.25, 0.3) is 22.4 Å². The zero-order chi connectivity index (χ0) is 28.8. The van der Waals surface area contributed by atoms with Gasteiger partial charge in [-0.1, -0.05) is 0 Å². The lowest BCUT2D eigenvalue weighted by Gasteiger charge is -2.25. The molecule has 2 aliphatic rings. The number of nitrogens with zero attached hydrogens (tertiary/aromatic N) is 5. The lowest BCUT2D eigenvalue weighted by molar-refractivity contribution is -0.119. The van der Waals surface area contributed by atoms with E-state index in [9.17, 15) is 13.6 Å². The van der Waals surface area contributed by atoms with E-state index in [-0.39, 0.29) is 46.3 Å². The molecule has 0 amide bonds. The number of halogens is 3. The highest BCUT2D eigenvalue weighted by molar-refractivity contribution is 5.92. The first-order valence-electron chi connectivity index (χ1n) is 13.7. The Kier molecular flexibility index (Phi) is 7.18. The monoisotopic (exact) mass is 568 g/mol. The quantitative estimate of drug-likeness (QED) is 0.257. The maximum Gasteiger partial charge on any atom is 0.295 e. The summed E-state index contributed by atoms with van der Waals surface area (Å²) < 4.78 is 58.6. The van der Waals surface area contributed by atoms with E-state index in [1.807, 2.05) is 6.92 Å². The number of carbonyl (C=O) groups is 1. The Hall–Kier alpha value is -3.93. The summed E-state index contributed by atoms with van der Waals surface area (Å²) in [6.07, 6.45) is 0.397. The van der Waals surface area contributed by atoms with E-state index in [1.54, 1.807) is 36.0 Å². The van der Waals surface area contributed by atoms with Gasteiger partial charge < -0.3 is 14.8 Å². The molecule has 216 valence electrons. The fourth-order valence-corrected chi connectivity index (χ4v) is 5.30. The number of anilines is 2. The van der Waals surface area contributed by atoms with Gasteiger partial charge in [0, 0.05) is 37.3 Å². The molecule has 6 rings (SSSR count). The van der Waals surface area contributed by atoms with Gasteiger partial charge in [0.05, 0.1) is 29.9 Å². The van der Waals surface area contributed by atoms with E-state index in [0.717, 1.165) is 31.4 Å². The molecule has 2 fully saturated rings. The number of fused-ring (bicyclic) bond motifs is 1. The first-order valence-corrected chi connectivity index (χ1v) is 13.7. The average molecular weight is 569 g/mol. The number of nitrogens with one attached hydrogen (secondary N) is 1. The number of aryl methyl sites for hydroxylation is 2. The van der Waals surface area contributed by atoms with Crippen LogP contribution >= 0.6 is 0 Å². The van der Waals surface area contributed by atoms with Crippen molar-refractivity contribution in [3.05, 3.63) is 47.3 Å². The number of ether oxygens (including phenoxy) is 2. The SMILES string of the molecule is COc1c(Nc2cc(CC(=O)C3CC3)nc3c2nc(C(F)F)n3C2CCCCO2)ccc(-c2cc(C)n(C)n2)c1F. The molecule has 0 bridgehead atoms. The lowest BCUT2D eigenvalue weighted by Crippen LogP contribution is -2.21. The zero-order valence-corrected chi connectivity index (χ0v) is 23.1. The van der Waals surface area contributed by atoms with Crippen molar-refractivity contribution in [2.75, 3.05) is 19.0 Å². The van der Waals surface area contributed by atoms with E-state index in [1.165, 1.54) is 11.7 Å². The van der Waals surface area contributed by atoms with E-state index < -0.39 is 24.3 Å².